The Morgan fingerprint density at radius 3 is 2.13 bits per heavy atom. The summed E-state index contributed by atoms with van der Waals surface area (Å²) >= 11 is 0. The van der Waals surface area contributed by atoms with Gasteiger partial charge in [-0.05, 0) is 82.0 Å². The molecule has 3 N–H and O–H groups in total. The molecular weight excluding hydrogens is 386 g/mol. The molecule has 0 radical (unpaired) electrons. The minimum Gasteiger partial charge on any atom is -0.508 e. The Balaban J connectivity index is 2.18. The molecule has 0 heterocycles. The molecule has 0 aliphatic heterocycles. The highest BCUT2D eigenvalue weighted by atomic mass is 16.6. The van der Waals surface area contributed by atoms with E-state index >= 15 is 0 Å². The number of hydrogen-bond acceptors (Lipinski definition) is 5. The Kier molecular flexibility index (Phi) is 6.97. The topological polar surface area (TPSA) is 105 Å². The second kappa shape index (κ2) is 9.07. The van der Waals surface area contributed by atoms with Crippen LogP contribution in [-0.2, 0) is 16.0 Å². The lowest BCUT2D eigenvalue weighted by Crippen LogP contribution is -2.44. The number of nitrogens with one attached hydrogen (secondary N) is 1. The third-order valence-electron chi connectivity index (χ3n) is 4.34. The lowest BCUT2D eigenvalue weighted by Gasteiger charge is -2.22. The fraction of sp³-hybridized carbons (Fsp3) is 0.391. The maximum absolute atomic E-state index is 12.0. The number of ether oxygens (including phenoxy) is 2. The van der Waals surface area contributed by atoms with Gasteiger partial charge in [0.25, 0.3) is 0 Å². The number of benzene rings is 2. The van der Waals surface area contributed by atoms with Crippen molar-refractivity contribution in [3.63, 3.8) is 0 Å². The van der Waals surface area contributed by atoms with Crippen LogP contribution in [0, 0.1) is 20.8 Å². The zero-order chi connectivity index (χ0) is 22.6. The van der Waals surface area contributed by atoms with Crippen LogP contribution < -0.4 is 10.1 Å². The predicted molar refractivity (Wildman–Crippen MR) is 113 cm³/mol. The normalized spacial score (nSPS) is 12.2. The number of amides is 1. The summed E-state index contributed by atoms with van der Waals surface area (Å²) in [5.41, 5.74) is 2.40. The number of carbonyl (C=O) groups excluding carboxylic acids is 1. The van der Waals surface area contributed by atoms with E-state index in [-0.39, 0.29) is 12.2 Å². The maximum Gasteiger partial charge on any atom is 0.408 e. The summed E-state index contributed by atoms with van der Waals surface area (Å²) in [6.07, 6.45) is -0.666. The van der Waals surface area contributed by atoms with E-state index in [2.05, 4.69) is 5.32 Å². The molecule has 0 aliphatic rings. The van der Waals surface area contributed by atoms with Crippen LogP contribution in [0.5, 0.6) is 17.2 Å². The van der Waals surface area contributed by atoms with Gasteiger partial charge in [0.15, 0.2) is 0 Å². The van der Waals surface area contributed by atoms with Crippen LogP contribution in [0.4, 0.5) is 4.79 Å². The van der Waals surface area contributed by atoms with Gasteiger partial charge in [-0.3, -0.25) is 0 Å². The third-order valence-corrected chi connectivity index (χ3v) is 4.34. The number of rotatable bonds is 6. The first-order valence-electron chi connectivity index (χ1n) is 9.65. The van der Waals surface area contributed by atoms with Crippen LogP contribution in [0.15, 0.2) is 30.3 Å². The molecule has 0 spiro atoms. The van der Waals surface area contributed by atoms with Crippen LogP contribution in [0.3, 0.4) is 0 Å². The minimum absolute atomic E-state index is 0.106. The Labute approximate surface area is 176 Å². The first-order valence-corrected chi connectivity index (χ1v) is 9.65. The van der Waals surface area contributed by atoms with E-state index in [1.54, 1.807) is 45.9 Å². The number of hydrogen-bond donors (Lipinski definition) is 3. The highest BCUT2D eigenvalue weighted by Gasteiger charge is 2.24. The van der Waals surface area contributed by atoms with Crippen LogP contribution in [0.1, 0.15) is 43.0 Å². The molecule has 0 aliphatic carbocycles. The van der Waals surface area contributed by atoms with Crippen molar-refractivity contribution in [3.8, 4) is 17.2 Å². The average molecular weight is 415 g/mol. The molecule has 162 valence electrons. The largest absolute Gasteiger partial charge is 0.508 e. The van der Waals surface area contributed by atoms with E-state index < -0.39 is 23.7 Å². The van der Waals surface area contributed by atoms with Gasteiger partial charge in [0.2, 0.25) is 0 Å². The average Bonchev–Trinajstić information content (AvgIpc) is 2.59. The Morgan fingerprint density at radius 1 is 1.03 bits per heavy atom. The van der Waals surface area contributed by atoms with Gasteiger partial charge in [-0.15, -0.1) is 0 Å². The van der Waals surface area contributed by atoms with E-state index in [4.69, 9.17) is 9.47 Å². The summed E-state index contributed by atoms with van der Waals surface area (Å²) in [5.74, 6) is 0.314. The van der Waals surface area contributed by atoms with Gasteiger partial charge in [-0.1, -0.05) is 12.1 Å². The molecule has 2 aromatic rings. The molecule has 1 amide bonds. The van der Waals surface area contributed by atoms with Crippen molar-refractivity contribution in [3.05, 3.63) is 52.6 Å². The number of phenols is 1. The molecule has 0 bridgehead atoms. The number of aromatic hydroxyl groups is 1. The first kappa shape index (κ1) is 23.1. The van der Waals surface area contributed by atoms with Crippen molar-refractivity contribution in [2.45, 2.75) is 59.6 Å². The van der Waals surface area contributed by atoms with E-state index in [1.807, 2.05) is 26.0 Å². The number of carboxylic acids is 1. The Bertz CT molecular complexity index is 922. The molecule has 2 rings (SSSR count). The molecular formula is C23H29NO6. The van der Waals surface area contributed by atoms with Crippen molar-refractivity contribution in [2.24, 2.45) is 0 Å². The molecule has 1 atom stereocenters. The van der Waals surface area contributed by atoms with Gasteiger partial charge >= 0.3 is 12.1 Å². The van der Waals surface area contributed by atoms with Crippen molar-refractivity contribution in [2.75, 3.05) is 0 Å². The van der Waals surface area contributed by atoms with E-state index in [9.17, 15) is 19.8 Å². The van der Waals surface area contributed by atoms with Crippen LogP contribution >= 0.6 is 0 Å². The lowest BCUT2D eigenvalue weighted by atomic mass is 10.00. The fourth-order valence-electron chi connectivity index (χ4n) is 3.01. The van der Waals surface area contributed by atoms with Crippen molar-refractivity contribution in [1.29, 1.82) is 0 Å². The van der Waals surface area contributed by atoms with Gasteiger partial charge < -0.3 is 25.0 Å². The quantitative estimate of drug-likeness (QED) is 0.635. The van der Waals surface area contributed by atoms with Crippen molar-refractivity contribution >= 4 is 12.1 Å². The van der Waals surface area contributed by atoms with Gasteiger partial charge in [0.1, 0.15) is 28.9 Å². The number of carboxylic acid groups (broad SMARTS) is 1. The number of phenolic OH excluding ortho intramolecular Hbond substituents is 1. The molecule has 0 aromatic heterocycles. The number of aryl methyl sites for hydroxylation is 3. The van der Waals surface area contributed by atoms with Gasteiger partial charge in [-0.25, -0.2) is 9.59 Å². The molecule has 7 nitrogen and oxygen atoms in total. The standard InChI is InChI=1S/C23H29NO6/c1-13-11-17(7-8-19(13)25)29-20-14(2)9-16(10-15(20)3)12-18(21(26)27)24-22(28)30-23(4,5)6/h7-11,18,25H,12H2,1-6H3,(H,24,28)(H,26,27). The zero-order valence-corrected chi connectivity index (χ0v) is 18.2. The predicted octanol–water partition coefficient (Wildman–Crippen LogP) is 4.63. The third kappa shape index (κ3) is 6.40. The van der Waals surface area contributed by atoms with Crippen LogP contribution in [0.2, 0.25) is 0 Å². The highest BCUT2D eigenvalue weighted by Crippen LogP contribution is 2.32. The molecule has 30 heavy (non-hydrogen) atoms. The summed E-state index contributed by atoms with van der Waals surface area (Å²) in [6.45, 7) is 10.7. The van der Waals surface area contributed by atoms with Crippen molar-refractivity contribution in [1.82, 2.24) is 5.32 Å². The SMILES string of the molecule is Cc1cc(Oc2c(C)cc(CC(NC(=O)OC(C)(C)C)C(=O)O)cc2C)ccc1O. The number of carbonyl (C=O) groups is 2. The Hall–Kier alpha value is -3.22. The van der Waals surface area contributed by atoms with Gasteiger partial charge in [-0.2, -0.15) is 0 Å². The second-order valence-corrected chi connectivity index (χ2v) is 8.35. The first-order chi connectivity index (χ1) is 13.9. The Morgan fingerprint density at radius 2 is 1.63 bits per heavy atom. The summed E-state index contributed by atoms with van der Waals surface area (Å²) < 4.78 is 11.1. The van der Waals surface area contributed by atoms with Gasteiger partial charge in [0, 0.05) is 6.42 Å². The molecule has 2 aromatic carbocycles. The molecule has 7 heteroatoms. The van der Waals surface area contributed by atoms with E-state index in [0.717, 1.165) is 16.7 Å². The molecule has 0 fully saturated rings. The highest BCUT2D eigenvalue weighted by molar-refractivity contribution is 5.80. The smallest absolute Gasteiger partial charge is 0.408 e. The minimum atomic E-state index is -1.14. The fourth-order valence-corrected chi connectivity index (χ4v) is 3.01. The number of aliphatic carboxylic acids is 1. The molecule has 0 saturated heterocycles. The summed E-state index contributed by atoms with van der Waals surface area (Å²) in [7, 11) is 0. The van der Waals surface area contributed by atoms with E-state index in [0.29, 0.717) is 17.1 Å². The zero-order valence-electron chi connectivity index (χ0n) is 18.2. The summed E-state index contributed by atoms with van der Waals surface area (Å²) in [4.78, 5) is 23.6. The summed E-state index contributed by atoms with van der Waals surface area (Å²) in [5, 5.41) is 21.6. The van der Waals surface area contributed by atoms with Gasteiger partial charge in [0.05, 0.1) is 0 Å². The molecule has 0 saturated carbocycles. The monoisotopic (exact) mass is 415 g/mol. The van der Waals surface area contributed by atoms with Crippen molar-refractivity contribution < 1.29 is 29.3 Å². The van der Waals surface area contributed by atoms with E-state index in [1.165, 1.54) is 0 Å². The van der Waals surface area contributed by atoms with Crippen LogP contribution in [-0.4, -0.2) is 33.9 Å². The maximum atomic E-state index is 12.0. The second-order valence-electron chi connectivity index (χ2n) is 8.35. The summed E-state index contributed by atoms with van der Waals surface area (Å²) in [6, 6.07) is 7.55. The van der Waals surface area contributed by atoms with Crippen LogP contribution in [0.25, 0.3) is 0 Å². The lowest BCUT2D eigenvalue weighted by molar-refractivity contribution is -0.139. The number of alkyl carbamates (subject to hydrolysis) is 1. The molecule has 1 unspecified atom stereocenters.